The summed E-state index contributed by atoms with van der Waals surface area (Å²) < 4.78 is 13.0. The van der Waals surface area contributed by atoms with Crippen LogP contribution in [0.15, 0.2) is 203 Å². The quantitative estimate of drug-likeness (QED) is 0.173. The molecule has 0 spiro atoms. The average molecular weight is 705 g/mol. The predicted molar refractivity (Wildman–Crippen MR) is 227 cm³/mol. The van der Waals surface area contributed by atoms with Gasteiger partial charge in [0.05, 0.1) is 5.56 Å². The van der Waals surface area contributed by atoms with E-state index in [1.54, 1.807) is 0 Å². The molecular weight excluding hydrogens is 673 g/mol. The van der Waals surface area contributed by atoms with Crippen LogP contribution in [0.25, 0.3) is 88.3 Å². The van der Waals surface area contributed by atoms with E-state index < -0.39 is 0 Å². The number of oxazole rings is 1. The van der Waals surface area contributed by atoms with Gasteiger partial charge in [0.1, 0.15) is 16.7 Å². The van der Waals surface area contributed by atoms with E-state index in [9.17, 15) is 0 Å². The smallest absolute Gasteiger partial charge is 0.228 e. The molecule has 4 heteroatoms. The zero-order chi connectivity index (χ0) is 36.3. The second-order valence-electron chi connectivity index (χ2n) is 14.0. The van der Waals surface area contributed by atoms with Gasteiger partial charge < -0.3 is 13.7 Å². The van der Waals surface area contributed by atoms with Crippen LogP contribution in [0.4, 0.5) is 17.1 Å². The molecular formula is C51H32N2O2. The summed E-state index contributed by atoms with van der Waals surface area (Å²) in [5.41, 5.74) is 12.0. The van der Waals surface area contributed by atoms with Crippen molar-refractivity contribution in [2.45, 2.75) is 0 Å². The van der Waals surface area contributed by atoms with Gasteiger partial charge in [0.25, 0.3) is 0 Å². The number of aromatic nitrogens is 1. The van der Waals surface area contributed by atoms with E-state index in [4.69, 9.17) is 13.8 Å². The Morgan fingerprint density at radius 3 is 1.76 bits per heavy atom. The molecule has 0 atom stereocenters. The van der Waals surface area contributed by atoms with Crippen molar-refractivity contribution in [3.63, 3.8) is 0 Å². The van der Waals surface area contributed by atoms with E-state index >= 15 is 0 Å². The standard InChI is InChI=1S/C51H32N2O2/c1-2-10-33(11-3-1)35-18-24-40(25-19-35)53(42-28-22-34-12-4-5-13-37(34)30-42)41-26-20-36(21-27-41)38-23-29-44-47(31-38)54-48-32-39-14-6-7-15-43(39)50(49(44)48)51-52-45-16-8-9-17-46(45)55-51/h1-32H. The SMILES string of the molecule is c1ccc(-c2ccc(N(c3ccc(-c4ccc5c(c4)oc4cc6ccccc6c(-c6nc7ccccc7o6)c45)cc3)c3ccc4ccccc4c3)cc2)cc1. The molecule has 4 nitrogen and oxygen atoms in total. The number of anilines is 3. The van der Waals surface area contributed by atoms with E-state index in [0.717, 1.165) is 77.6 Å². The molecule has 11 rings (SSSR count). The van der Waals surface area contributed by atoms with Crippen molar-refractivity contribution in [2.75, 3.05) is 4.90 Å². The third kappa shape index (κ3) is 5.34. The predicted octanol–water partition coefficient (Wildman–Crippen LogP) is 14.5. The Labute approximate surface area is 317 Å². The molecule has 11 aromatic rings. The van der Waals surface area contributed by atoms with E-state index in [2.05, 4.69) is 175 Å². The molecule has 2 aromatic heterocycles. The first-order chi connectivity index (χ1) is 27.2. The fourth-order valence-corrected chi connectivity index (χ4v) is 7.98. The minimum Gasteiger partial charge on any atom is -0.456 e. The maximum atomic E-state index is 6.64. The van der Waals surface area contributed by atoms with Gasteiger partial charge >= 0.3 is 0 Å². The third-order valence-corrected chi connectivity index (χ3v) is 10.7. The summed E-state index contributed by atoms with van der Waals surface area (Å²) in [5, 5.41) is 6.61. The summed E-state index contributed by atoms with van der Waals surface area (Å²) in [6, 6.07) is 68.2. The number of hydrogen-bond donors (Lipinski definition) is 0. The molecule has 9 aromatic carbocycles. The van der Waals surface area contributed by atoms with Crippen LogP contribution in [-0.2, 0) is 0 Å². The first kappa shape index (κ1) is 31.1. The van der Waals surface area contributed by atoms with Crippen LogP contribution < -0.4 is 4.90 Å². The van der Waals surface area contributed by atoms with Crippen LogP contribution in [0.5, 0.6) is 0 Å². The van der Waals surface area contributed by atoms with Crippen molar-refractivity contribution in [1.29, 1.82) is 0 Å². The lowest BCUT2D eigenvalue weighted by molar-refractivity contribution is 0.621. The number of furan rings is 1. The van der Waals surface area contributed by atoms with Crippen molar-refractivity contribution in [3.05, 3.63) is 194 Å². The van der Waals surface area contributed by atoms with E-state index in [1.807, 2.05) is 24.3 Å². The summed E-state index contributed by atoms with van der Waals surface area (Å²) in [4.78, 5) is 7.25. The molecule has 0 radical (unpaired) electrons. The van der Waals surface area contributed by atoms with Gasteiger partial charge in [-0.3, -0.25) is 0 Å². The molecule has 0 amide bonds. The summed E-state index contributed by atoms with van der Waals surface area (Å²) >= 11 is 0. The highest BCUT2D eigenvalue weighted by atomic mass is 16.3. The first-order valence-corrected chi connectivity index (χ1v) is 18.5. The number of fused-ring (bicyclic) bond motifs is 6. The molecule has 0 N–H and O–H groups in total. The molecule has 2 heterocycles. The van der Waals surface area contributed by atoms with Crippen molar-refractivity contribution in [3.8, 4) is 33.7 Å². The number of nitrogens with zero attached hydrogens (tertiary/aromatic N) is 2. The zero-order valence-corrected chi connectivity index (χ0v) is 29.7. The minimum absolute atomic E-state index is 0.594. The largest absolute Gasteiger partial charge is 0.456 e. The first-order valence-electron chi connectivity index (χ1n) is 18.5. The van der Waals surface area contributed by atoms with Gasteiger partial charge in [0, 0.05) is 27.8 Å². The summed E-state index contributed by atoms with van der Waals surface area (Å²) in [6.45, 7) is 0. The zero-order valence-electron chi connectivity index (χ0n) is 29.7. The molecule has 0 saturated heterocycles. The van der Waals surface area contributed by atoms with Gasteiger partial charge in [-0.25, -0.2) is 4.98 Å². The van der Waals surface area contributed by atoms with Crippen molar-refractivity contribution in [1.82, 2.24) is 4.98 Å². The topological polar surface area (TPSA) is 42.4 Å². The lowest BCUT2D eigenvalue weighted by Crippen LogP contribution is -2.09. The maximum Gasteiger partial charge on any atom is 0.228 e. The number of hydrogen-bond acceptors (Lipinski definition) is 4. The van der Waals surface area contributed by atoms with Gasteiger partial charge in [-0.05, 0) is 111 Å². The third-order valence-electron chi connectivity index (χ3n) is 10.7. The van der Waals surface area contributed by atoms with Crippen LogP contribution in [0.2, 0.25) is 0 Å². The summed E-state index contributed by atoms with van der Waals surface area (Å²) in [5.74, 6) is 0.594. The van der Waals surface area contributed by atoms with Gasteiger partial charge in [-0.1, -0.05) is 127 Å². The Hall–Kier alpha value is -7.43. The van der Waals surface area contributed by atoms with Crippen LogP contribution in [0, 0.1) is 0 Å². The van der Waals surface area contributed by atoms with Crippen molar-refractivity contribution < 1.29 is 8.83 Å². The fraction of sp³-hybridized carbons (Fsp3) is 0. The van der Waals surface area contributed by atoms with E-state index in [1.165, 1.54) is 21.9 Å². The number of benzene rings is 9. The number of rotatable bonds is 6. The molecule has 0 fully saturated rings. The van der Waals surface area contributed by atoms with Crippen molar-refractivity contribution >= 4 is 71.6 Å². The second-order valence-corrected chi connectivity index (χ2v) is 14.0. The highest BCUT2D eigenvalue weighted by molar-refractivity contribution is 6.20. The summed E-state index contributed by atoms with van der Waals surface area (Å²) in [7, 11) is 0. The Kier molecular flexibility index (Phi) is 7.14. The average Bonchev–Trinajstić information content (AvgIpc) is 3.85. The van der Waals surface area contributed by atoms with Crippen LogP contribution in [0.3, 0.4) is 0 Å². The Morgan fingerprint density at radius 1 is 0.364 bits per heavy atom. The van der Waals surface area contributed by atoms with Gasteiger partial charge in [-0.15, -0.1) is 0 Å². The normalized spacial score (nSPS) is 11.6. The molecule has 0 aliphatic rings. The van der Waals surface area contributed by atoms with Crippen LogP contribution in [-0.4, -0.2) is 4.98 Å². The molecule has 0 unspecified atom stereocenters. The monoisotopic (exact) mass is 704 g/mol. The highest BCUT2D eigenvalue weighted by Crippen LogP contribution is 2.44. The van der Waals surface area contributed by atoms with Crippen LogP contribution in [0.1, 0.15) is 0 Å². The summed E-state index contributed by atoms with van der Waals surface area (Å²) in [6.07, 6.45) is 0. The maximum absolute atomic E-state index is 6.64. The van der Waals surface area contributed by atoms with Gasteiger partial charge in [0.2, 0.25) is 5.89 Å². The highest BCUT2D eigenvalue weighted by Gasteiger charge is 2.21. The Bertz CT molecular complexity index is 3160. The van der Waals surface area contributed by atoms with E-state index in [-0.39, 0.29) is 0 Å². The molecule has 258 valence electrons. The fourth-order valence-electron chi connectivity index (χ4n) is 7.98. The Morgan fingerprint density at radius 2 is 0.982 bits per heavy atom. The molecule has 0 saturated carbocycles. The Balaban J connectivity index is 1.00. The van der Waals surface area contributed by atoms with E-state index in [0.29, 0.717) is 5.89 Å². The molecule has 0 bridgehead atoms. The van der Waals surface area contributed by atoms with Gasteiger partial charge in [0.15, 0.2) is 5.58 Å². The van der Waals surface area contributed by atoms with Crippen LogP contribution >= 0.6 is 0 Å². The second kappa shape index (κ2) is 12.6. The molecule has 0 aliphatic carbocycles. The lowest BCUT2D eigenvalue weighted by Gasteiger charge is -2.26. The van der Waals surface area contributed by atoms with Gasteiger partial charge in [-0.2, -0.15) is 0 Å². The molecule has 55 heavy (non-hydrogen) atoms. The minimum atomic E-state index is 0.594. The van der Waals surface area contributed by atoms with Crippen molar-refractivity contribution in [2.24, 2.45) is 0 Å². The molecule has 0 aliphatic heterocycles. The number of para-hydroxylation sites is 2. The lowest BCUT2D eigenvalue weighted by atomic mass is 9.97.